The van der Waals surface area contributed by atoms with Gasteiger partial charge in [0.2, 0.25) is 0 Å². The van der Waals surface area contributed by atoms with Gasteiger partial charge in [0.15, 0.2) is 0 Å². The molecule has 0 aromatic heterocycles. The van der Waals surface area contributed by atoms with Crippen molar-refractivity contribution in [3.8, 4) is 0 Å². The predicted molar refractivity (Wildman–Crippen MR) is 81.3 cm³/mol. The average molecular weight is 247 g/mol. The highest BCUT2D eigenvalue weighted by Gasteiger charge is 2.27. The monoisotopic (exact) mass is 247 g/mol. The lowest BCUT2D eigenvalue weighted by Crippen LogP contribution is -2.35. The largest absolute Gasteiger partial charge is 0.319 e. The van der Waals surface area contributed by atoms with Crippen molar-refractivity contribution in [1.82, 2.24) is 5.32 Å². The SMILES string of the molecule is CCC(CC)(CNC)c1ccc(C(C)(C)C)cc1. The van der Waals surface area contributed by atoms with E-state index in [1.165, 1.54) is 24.0 Å². The molecule has 0 saturated carbocycles. The zero-order valence-corrected chi connectivity index (χ0v) is 12.9. The van der Waals surface area contributed by atoms with E-state index in [1.54, 1.807) is 0 Å². The maximum Gasteiger partial charge on any atom is 0.00724 e. The zero-order chi connectivity index (χ0) is 13.8. The Hall–Kier alpha value is -0.820. The lowest BCUT2D eigenvalue weighted by molar-refractivity contribution is 0.380. The Labute approximate surface area is 113 Å². The summed E-state index contributed by atoms with van der Waals surface area (Å²) in [7, 11) is 2.05. The summed E-state index contributed by atoms with van der Waals surface area (Å²) in [5.41, 5.74) is 3.40. The maximum absolute atomic E-state index is 3.35. The van der Waals surface area contributed by atoms with Crippen molar-refractivity contribution in [3.63, 3.8) is 0 Å². The molecule has 1 aromatic carbocycles. The van der Waals surface area contributed by atoms with Gasteiger partial charge in [0.25, 0.3) is 0 Å². The molecule has 18 heavy (non-hydrogen) atoms. The van der Waals surface area contributed by atoms with E-state index < -0.39 is 0 Å². The Morgan fingerprint density at radius 3 is 1.67 bits per heavy atom. The molecule has 1 heteroatoms. The molecule has 0 atom stereocenters. The van der Waals surface area contributed by atoms with Crippen molar-refractivity contribution < 1.29 is 0 Å². The molecule has 1 nitrogen and oxygen atoms in total. The molecule has 102 valence electrons. The van der Waals surface area contributed by atoms with Crippen molar-refractivity contribution in [2.75, 3.05) is 13.6 Å². The molecule has 0 amide bonds. The number of hydrogen-bond acceptors (Lipinski definition) is 1. The summed E-state index contributed by atoms with van der Waals surface area (Å²) >= 11 is 0. The Morgan fingerprint density at radius 2 is 1.33 bits per heavy atom. The maximum atomic E-state index is 3.35. The van der Waals surface area contributed by atoms with Crippen LogP contribution in [0.5, 0.6) is 0 Å². The van der Waals surface area contributed by atoms with Crippen molar-refractivity contribution in [2.24, 2.45) is 0 Å². The van der Waals surface area contributed by atoms with Crippen LogP contribution in [0.1, 0.15) is 58.6 Å². The van der Waals surface area contributed by atoms with Gasteiger partial charge in [-0.25, -0.2) is 0 Å². The summed E-state index contributed by atoms with van der Waals surface area (Å²) in [6, 6.07) is 9.24. The van der Waals surface area contributed by atoms with Crippen LogP contribution in [0.2, 0.25) is 0 Å². The summed E-state index contributed by atoms with van der Waals surface area (Å²) in [6.07, 6.45) is 2.36. The second-order valence-electron chi connectivity index (χ2n) is 6.35. The third kappa shape index (κ3) is 3.14. The molecule has 0 aliphatic rings. The first-order chi connectivity index (χ1) is 8.39. The molecule has 0 unspecified atom stereocenters. The Bertz CT molecular complexity index is 352. The van der Waals surface area contributed by atoms with Crippen LogP contribution in [0.4, 0.5) is 0 Å². The average Bonchev–Trinajstić information content (AvgIpc) is 2.35. The standard InChI is InChI=1S/C17H29N/c1-7-17(8-2,13-18-6)15-11-9-14(10-12-15)16(3,4)5/h9-12,18H,7-8,13H2,1-6H3. The van der Waals surface area contributed by atoms with Gasteiger partial charge in [-0.2, -0.15) is 0 Å². The van der Waals surface area contributed by atoms with Crippen LogP contribution in [-0.4, -0.2) is 13.6 Å². The molecular weight excluding hydrogens is 218 g/mol. The van der Waals surface area contributed by atoms with E-state index in [4.69, 9.17) is 0 Å². The van der Waals surface area contributed by atoms with Gasteiger partial charge in [-0.3, -0.25) is 0 Å². The van der Waals surface area contributed by atoms with Gasteiger partial charge in [0, 0.05) is 12.0 Å². The minimum atomic E-state index is 0.239. The van der Waals surface area contributed by atoms with Gasteiger partial charge in [0.1, 0.15) is 0 Å². The molecular formula is C17H29N. The van der Waals surface area contributed by atoms with Gasteiger partial charge in [-0.15, -0.1) is 0 Å². The number of likely N-dealkylation sites (N-methyl/N-ethyl adjacent to an activating group) is 1. The van der Waals surface area contributed by atoms with Gasteiger partial charge in [-0.1, -0.05) is 58.9 Å². The van der Waals surface area contributed by atoms with E-state index >= 15 is 0 Å². The highest BCUT2D eigenvalue weighted by Crippen LogP contribution is 2.32. The lowest BCUT2D eigenvalue weighted by atomic mass is 9.74. The number of nitrogens with one attached hydrogen (secondary N) is 1. The van der Waals surface area contributed by atoms with E-state index in [9.17, 15) is 0 Å². The molecule has 1 N–H and O–H groups in total. The molecule has 1 rings (SSSR count). The third-order valence-electron chi connectivity index (χ3n) is 4.23. The fraction of sp³-hybridized carbons (Fsp3) is 0.647. The van der Waals surface area contributed by atoms with Crippen molar-refractivity contribution in [1.29, 1.82) is 0 Å². The second kappa shape index (κ2) is 5.88. The van der Waals surface area contributed by atoms with Crippen LogP contribution < -0.4 is 5.32 Å². The molecule has 0 heterocycles. The topological polar surface area (TPSA) is 12.0 Å². The molecule has 0 aliphatic carbocycles. The first-order valence-corrected chi connectivity index (χ1v) is 7.15. The lowest BCUT2D eigenvalue weighted by Gasteiger charge is -2.33. The smallest absolute Gasteiger partial charge is 0.00724 e. The van der Waals surface area contributed by atoms with Crippen molar-refractivity contribution in [3.05, 3.63) is 35.4 Å². The van der Waals surface area contributed by atoms with Crippen LogP contribution in [0.3, 0.4) is 0 Å². The van der Waals surface area contributed by atoms with Crippen molar-refractivity contribution in [2.45, 2.75) is 58.3 Å². The highest BCUT2D eigenvalue weighted by atomic mass is 14.8. The Morgan fingerprint density at radius 1 is 0.889 bits per heavy atom. The van der Waals surface area contributed by atoms with Crippen LogP contribution in [0, 0.1) is 0 Å². The first-order valence-electron chi connectivity index (χ1n) is 7.15. The van der Waals surface area contributed by atoms with E-state index in [1.807, 2.05) is 7.05 Å². The molecule has 0 bridgehead atoms. The van der Waals surface area contributed by atoms with Crippen molar-refractivity contribution >= 4 is 0 Å². The molecule has 0 radical (unpaired) electrons. The molecule has 0 aliphatic heterocycles. The number of rotatable bonds is 5. The van der Waals surface area contributed by atoms with E-state index in [0.717, 1.165) is 6.54 Å². The predicted octanol–water partition coefficient (Wildman–Crippen LogP) is 4.26. The quantitative estimate of drug-likeness (QED) is 0.819. The van der Waals surface area contributed by atoms with Gasteiger partial charge < -0.3 is 5.32 Å². The second-order valence-corrected chi connectivity index (χ2v) is 6.35. The Balaban J connectivity index is 3.08. The fourth-order valence-electron chi connectivity index (χ4n) is 2.67. The summed E-state index contributed by atoms with van der Waals surface area (Å²) < 4.78 is 0. The summed E-state index contributed by atoms with van der Waals surface area (Å²) in [4.78, 5) is 0. The van der Waals surface area contributed by atoms with Gasteiger partial charge in [-0.05, 0) is 36.4 Å². The zero-order valence-electron chi connectivity index (χ0n) is 12.9. The molecule has 0 fully saturated rings. The third-order valence-corrected chi connectivity index (χ3v) is 4.23. The summed E-state index contributed by atoms with van der Waals surface area (Å²) in [5.74, 6) is 0. The normalized spacial score (nSPS) is 12.8. The minimum Gasteiger partial charge on any atom is -0.319 e. The van der Waals surface area contributed by atoms with Crippen LogP contribution in [-0.2, 0) is 10.8 Å². The van der Waals surface area contributed by atoms with E-state index in [0.29, 0.717) is 0 Å². The fourth-order valence-corrected chi connectivity index (χ4v) is 2.67. The van der Waals surface area contributed by atoms with E-state index in [2.05, 4.69) is 64.2 Å². The number of benzene rings is 1. The summed E-state index contributed by atoms with van der Waals surface area (Å²) in [6.45, 7) is 12.4. The molecule has 0 saturated heterocycles. The van der Waals surface area contributed by atoms with Gasteiger partial charge >= 0.3 is 0 Å². The minimum absolute atomic E-state index is 0.239. The highest BCUT2D eigenvalue weighted by molar-refractivity contribution is 5.32. The summed E-state index contributed by atoms with van der Waals surface area (Å²) in [5, 5.41) is 3.35. The molecule has 1 aromatic rings. The van der Waals surface area contributed by atoms with Crippen LogP contribution in [0.25, 0.3) is 0 Å². The first kappa shape index (κ1) is 15.2. The van der Waals surface area contributed by atoms with Gasteiger partial charge in [0.05, 0.1) is 0 Å². The molecule has 0 spiro atoms. The van der Waals surface area contributed by atoms with E-state index in [-0.39, 0.29) is 10.8 Å². The van der Waals surface area contributed by atoms with Crippen LogP contribution >= 0.6 is 0 Å². The van der Waals surface area contributed by atoms with Crippen LogP contribution in [0.15, 0.2) is 24.3 Å². The Kier molecular flexibility index (Phi) is 4.98. The number of hydrogen-bond donors (Lipinski definition) is 1.